The van der Waals surface area contributed by atoms with Crippen molar-refractivity contribution < 1.29 is 36.7 Å². The highest BCUT2D eigenvalue weighted by molar-refractivity contribution is 7.16. The molecule has 2 aromatic rings. The number of thiophene rings is 1. The summed E-state index contributed by atoms with van der Waals surface area (Å²) in [6.45, 7) is 0.893. The fraction of sp³-hybridized carbons (Fsp3) is 0.350. The molecule has 0 radical (unpaired) electrons. The summed E-state index contributed by atoms with van der Waals surface area (Å²) in [6.07, 6.45) is -3.68. The third-order valence-electron chi connectivity index (χ3n) is 4.88. The first kappa shape index (κ1) is 23.5. The van der Waals surface area contributed by atoms with Crippen LogP contribution in [-0.4, -0.2) is 36.2 Å². The quantitative estimate of drug-likeness (QED) is 0.325. The minimum atomic E-state index is -5.39. The molecule has 1 aromatic heterocycles. The topological polar surface area (TPSA) is 111 Å². The van der Waals surface area contributed by atoms with Crippen molar-refractivity contribution in [2.75, 3.05) is 11.9 Å². The van der Waals surface area contributed by atoms with Gasteiger partial charge in [0.15, 0.2) is 0 Å². The summed E-state index contributed by atoms with van der Waals surface area (Å²) in [6, 6.07) is 3.70. The van der Waals surface area contributed by atoms with Crippen molar-refractivity contribution in [2.45, 2.75) is 38.0 Å². The van der Waals surface area contributed by atoms with Gasteiger partial charge in [-0.15, -0.1) is 11.3 Å². The summed E-state index contributed by atoms with van der Waals surface area (Å²) in [5.41, 5.74) is 1.73. The molecule has 1 aliphatic rings. The molecular formula is C20H19F4N3O4S. The molecule has 7 nitrogen and oxygen atoms in total. The Morgan fingerprint density at radius 1 is 1.16 bits per heavy atom. The molecule has 1 heterocycles. The van der Waals surface area contributed by atoms with Crippen molar-refractivity contribution in [2.24, 2.45) is 5.73 Å². The van der Waals surface area contributed by atoms with Gasteiger partial charge >= 0.3 is 17.8 Å². The summed E-state index contributed by atoms with van der Waals surface area (Å²) in [5, 5.41) is 3.37. The number of alkyl halides is 3. The van der Waals surface area contributed by atoms with E-state index in [1.807, 2.05) is 5.32 Å². The smallest absolute Gasteiger partial charge is 0.441 e. The van der Waals surface area contributed by atoms with E-state index in [1.54, 1.807) is 5.32 Å². The van der Waals surface area contributed by atoms with Gasteiger partial charge in [0.25, 0.3) is 11.8 Å². The van der Waals surface area contributed by atoms with Gasteiger partial charge in [-0.2, -0.15) is 13.2 Å². The Balaban J connectivity index is 2.10. The van der Waals surface area contributed by atoms with E-state index in [2.05, 4.69) is 4.74 Å². The van der Waals surface area contributed by atoms with E-state index < -0.39 is 42.0 Å². The van der Waals surface area contributed by atoms with Crippen molar-refractivity contribution >= 4 is 34.1 Å². The van der Waals surface area contributed by atoms with Crippen LogP contribution in [0.2, 0.25) is 0 Å². The number of carbonyl (C=O) groups is 3. The van der Waals surface area contributed by atoms with E-state index in [0.29, 0.717) is 29.7 Å². The Hall–Kier alpha value is -3.15. The summed E-state index contributed by atoms with van der Waals surface area (Å²) in [7, 11) is 0. The fourth-order valence-corrected chi connectivity index (χ4v) is 4.75. The molecule has 3 rings (SSSR count). The summed E-state index contributed by atoms with van der Waals surface area (Å²) in [4.78, 5) is 37.9. The number of benzene rings is 1. The maximum absolute atomic E-state index is 14.4. The summed E-state index contributed by atoms with van der Waals surface area (Å²) < 4.78 is 60.9. The molecule has 12 heteroatoms. The highest BCUT2D eigenvalue weighted by Crippen LogP contribution is 2.42. The predicted molar refractivity (Wildman–Crippen MR) is 108 cm³/mol. The molecule has 1 atom stereocenters. The first-order chi connectivity index (χ1) is 15.0. The van der Waals surface area contributed by atoms with Crippen LogP contribution in [0, 0.1) is 5.82 Å². The number of ether oxygens (including phenoxy) is 1. The lowest BCUT2D eigenvalue weighted by atomic mass is 10.1. The Kier molecular flexibility index (Phi) is 6.44. The second-order valence-corrected chi connectivity index (χ2v) is 8.09. The van der Waals surface area contributed by atoms with E-state index in [0.717, 1.165) is 35.6 Å². The molecule has 1 aliphatic carbocycles. The Morgan fingerprint density at radius 2 is 1.81 bits per heavy atom. The number of carbonyl (C=O) groups excluding carboxylic acids is 3. The van der Waals surface area contributed by atoms with Gasteiger partial charge in [0.05, 0.1) is 12.2 Å². The molecule has 0 aliphatic heterocycles. The van der Waals surface area contributed by atoms with Gasteiger partial charge in [-0.1, -0.05) is 0 Å². The maximum Gasteiger partial charge on any atom is 0.441 e. The van der Waals surface area contributed by atoms with E-state index in [1.165, 1.54) is 6.92 Å². The molecule has 1 aromatic carbocycles. The van der Waals surface area contributed by atoms with Crippen molar-refractivity contribution in [3.8, 4) is 0 Å². The maximum atomic E-state index is 14.4. The number of halogens is 4. The number of anilines is 1. The van der Waals surface area contributed by atoms with Crippen LogP contribution in [0.4, 0.5) is 22.6 Å². The Labute approximate surface area is 183 Å². The van der Waals surface area contributed by atoms with Crippen molar-refractivity contribution in [1.82, 2.24) is 5.32 Å². The van der Waals surface area contributed by atoms with Crippen LogP contribution in [0.15, 0.2) is 24.3 Å². The molecule has 172 valence electrons. The number of primary amides is 1. The number of nitrogens with one attached hydrogen (secondary N) is 2. The number of fused-ring (bicyclic) bond motifs is 1. The third kappa shape index (κ3) is 4.27. The molecule has 32 heavy (non-hydrogen) atoms. The highest BCUT2D eigenvalue weighted by Gasteiger charge is 2.64. The first-order valence-electron chi connectivity index (χ1n) is 9.54. The summed E-state index contributed by atoms with van der Waals surface area (Å²) in [5.74, 6) is -4.80. The van der Waals surface area contributed by atoms with E-state index in [-0.39, 0.29) is 16.1 Å². The van der Waals surface area contributed by atoms with Gasteiger partial charge in [0.2, 0.25) is 0 Å². The van der Waals surface area contributed by atoms with E-state index in [9.17, 15) is 31.9 Å². The number of rotatable bonds is 7. The van der Waals surface area contributed by atoms with Crippen molar-refractivity contribution in [3.05, 3.63) is 51.7 Å². The molecule has 0 fully saturated rings. The normalized spacial score (nSPS) is 14.9. The molecule has 0 spiro atoms. The van der Waals surface area contributed by atoms with Gasteiger partial charge in [-0.05, 0) is 56.0 Å². The second kappa shape index (κ2) is 8.77. The van der Waals surface area contributed by atoms with Gasteiger partial charge < -0.3 is 21.1 Å². The van der Waals surface area contributed by atoms with Gasteiger partial charge in [0, 0.05) is 10.4 Å². The number of hydrogen-bond acceptors (Lipinski definition) is 6. The fourth-order valence-electron chi connectivity index (χ4n) is 3.40. The average Bonchev–Trinajstić information content (AvgIpc) is 3.27. The molecular weight excluding hydrogens is 454 g/mol. The lowest BCUT2D eigenvalue weighted by Gasteiger charge is -2.35. The number of hydrogen-bond donors (Lipinski definition) is 3. The molecule has 0 saturated carbocycles. The lowest BCUT2D eigenvalue weighted by Crippen LogP contribution is -2.69. The second-order valence-electron chi connectivity index (χ2n) is 6.98. The van der Waals surface area contributed by atoms with Crippen LogP contribution in [-0.2, 0) is 22.4 Å². The first-order valence-corrected chi connectivity index (χ1v) is 10.4. The SMILES string of the molecule is CCOC(=O)[C@@](NC(=O)c1ccc(F)cc1)(Nc1sc2c(c1C(N)=O)CCC2)C(F)(F)F. The standard InChI is InChI=1S/C20H19F4N3O4S/c1-2-31-18(30)19(20(22,23)24,26-16(29)10-6-8-11(21)9-7-10)27-17-14(15(25)28)12-4-3-5-13(12)32-17/h6-9,27H,2-5H2,1H3,(H2,25,28)(H,26,29)/t19-/m1/s1. The van der Waals surface area contributed by atoms with Crippen LogP contribution >= 0.6 is 11.3 Å². The monoisotopic (exact) mass is 473 g/mol. The summed E-state index contributed by atoms with van der Waals surface area (Å²) >= 11 is 0.860. The molecule has 2 amide bonds. The van der Waals surface area contributed by atoms with Crippen LogP contribution in [0.25, 0.3) is 0 Å². The third-order valence-corrected chi connectivity index (χ3v) is 6.09. The zero-order valence-corrected chi connectivity index (χ0v) is 17.6. The van der Waals surface area contributed by atoms with Gasteiger partial charge in [0.1, 0.15) is 10.8 Å². The Morgan fingerprint density at radius 3 is 2.38 bits per heavy atom. The number of esters is 1. The highest BCUT2D eigenvalue weighted by atomic mass is 32.1. The average molecular weight is 473 g/mol. The molecule has 0 saturated heterocycles. The van der Waals surface area contributed by atoms with Crippen LogP contribution in [0.1, 0.15) is 44.5 Å². The van der Waals surface area contributed by atoms with Gasteiger partial charge in [-0.25, -0.2) is 9.18 Å². The molecule has 0 unspecified atom stereocenters. The molecule has 4 N–H and O–H groups in total. The zero-order valence-electron chi connectivity index (χ0n) is 16.8. The Bertz CT molecular complexity index is 1050. The van der Waals surface area contributed by atoms with Crippen molar-refractivity contribution in [3.63, 3.8) is 0 Å². The van der Waals surface area contributed by atoms with Gasteiger partial charge in [-0.3, -0.25) is 9.59 Å². The predicted octanol–water partition coefficient (Wildman–Crippen LogP) is 3.14. The minimum Gasteiger partial charge on any atom is -0.463 e. The molecule has 0 bridgehead atoms. The van der Waals surface area contributed by atoms with E-state index >= 15 is 0 Å². The van der Waals surface area contributed by atoms with E-state index in [4.69, 9.17) is 5.73 Å². The number of amides is 2. The van der Waals surface area contributed by atoms with Crippen LogP contribution in [0.3, 0.4) is 0 Å². The zero-order chi connectivity index (χ0) is 23.7. The minimum absolute atomic E-state index is 0.156. The lowest BCUT2D eigenvalue weighted by molar-refractivity contribution is -0.204. The number of aryl methyl sites for hydroxylation is 1. The largest absolute Gasteiger partial charge is 0.463 e. The van der Waals surface area contributed by atoms with Crippen LogP contribution < -0.4 is 16.4 Å². The number of nitrogens with two attached hydrogens (primary N) is 1. The van der Waals surface area contributed by atoms with Crippen molar-refractivity contribution in [1.29, 1.82) is 0 Å². The van der Waals surface area contributed by atoms with Crippen LogP contribution in [0.5, 0.6) is 0 Å².